The third-order valence-corrected chi connectivity index (χ3v) is 3.87. The van der Waals surface area contributed by atoms with E-state index < -0.39 is 12.0 Å². The first kappa shape index (κ1) is 15.0. The van der Waals surface area contributed by atoms with Gasteiger partial charge in [0.05, 0.1) is 11.3 Å². The molecule has 0 bridgehead atoms. The van der Waals surface area contributed by atoms with Gasteiger partial charge in [0.2, 0.25) is 0 Å². The van der Waals surface area contributed by atoms with Gasteiger partial charge in [-0.05, 0) is 37.8 Å². The highest BCUT2D eigenvalue weighted by Gasteiger charge is 2.37. The van der Waals surface area contributed by atoms with Gasteiger partial charge < -0.3 is 10.0 Å². The number of carbonyl (C=O) groups is 2. The Morgan fingerprint density at radius 1 is 1.48 bits per heavy atom. The summed E-state index contributed by atoms with van der Waals surface area (Å²) < 4.78 is 0. The van der Waals surface area contributed by atoms with Crippen molar-refractivity contribution in [3.8, 4) is 6.07 Å². The van der Waals surface area contributed by atoms with Gasteiger partial charge in [-0.1, -0.05) is 6.92 Å². The number of carbonyl (C=O) groups excluding carboxylic acids is 1. The lowest BCUT2D eigenvalue weighted by atomic mass is 9.90. The van der Waals surface area contributed by atoms with E-state index in [-0.39, 0.29) is 17.5 Å². The Bertz CT molecular complexity index is 621. The van der Waals surface area contributed by atoms with Crippen molar-refractivity contribution < 1.29 is 14.7 Å². The molecular weight excluding hydrogens is 270 g/mol. The van der Waals surface area contributed by atoms with E-state index in [1.165, 1.54) is 11.0 Å². The zero-order chi connectivity index (χ0) is 15.6. The van der Waals surface area contributed by atoms with Crippen molar-refractivity contribution in [2.75, 3.05) is 6.54 Å². The molecule has 1 saturated heterocycles. The van der Waals surface area contributed by atoms with Crippen LogP contribution in [0.5, 0.6) is 0 Å². The molecule has 0 aliphatic carbocycles. The van der Waals surface area contributed by atoms with Crippen LogP contribution in [0.15, 0.2) is 12.1 Å². The number of nitrogens with zero attached hydrogens (tertiary/aromatic N) is 3. The molecule has 1 fully saturated rings. The molecule has 110 valence electrons. The largest absolute Gasteiger partial charge is 0.480 e. The Kier molecular flexibility index (Phi) is 4.22. The van der Waals surface area contributed by atoms with E-state index in [0.717, 1.165) is 12.8 Å². The van der Waals surface area contributed by atoms with E-state index in [1.54, 1.807) is 13.0 Å². The summed E-state index contributed by atoms with van der Waals surface area (Å²) in [5.41, 5.74) is 1.07. The number of rotatable bonds is 2. The first-order chi connectivity index (χ1) is 9.95. The normalized spacial score (nSPS) is 21.7. The first-order valence-corrected chi connectivity index (χ1v) is 6.87. The number of hydrogen-bond acceptors (Lipinski definition) is 4. The van der Waals surface area contributed by atoms with Crippen LogP contribution in [-0.2, 0) is 4.79 Å². The monoisotopic (exact) mass is 287 g/mol. The average Bonchev–Trinajstić information content (AvgIpc) is 2.45. The van der Waals surface area contributed by atoms with E-state index in [9.17, 15) is 14.7 Å². The topological polar surface area (TPSA) is 94.3 Å². The minimum atomic E-state index is -0.985. The number of piperidine rings is 1. The second-order valence-corrected chi connectivity index (χ2v) is 5.34. The number of nitriles is 1. The van der Waals surface area contributed by atoms with E-state index in [1.807, 2.05) is 13.0 Å². The maximum atomic E-state index is 12.5. The fourth-order valence-corrected chi connectivity index (χ4v) is 2.74. The van der Waals surface area contributed by atoms with E-state index in [0.29, 0.717) is 17.8 Å². The highest BCUT2D eigenvalue weighted by atomic mass is 16.4. The van der Waals surface area contributed by atoms with Crippen molar-refractivity contribution in [2.45, 2.75) is 32.7 Å². The molecule has 1 aliphatic rings. The molecule has 0 radical (unpaired) electrons. The summed E-state index contributed by atoms with van der Waals surface area (Å²) >= 11 is 0. The number of pyridine rings is 1. The predicted octanol–water partition coefficient (Wildman–Crippen LogP) is 1.59. The second kappa shape index (κ2) is 5.92. The fourth-order valence-electron chi connectivity index (χ4n) is 2.74. The number of likely N-dealkylation sites (tertiary alicyclic amines) is 1. The minimum Gasteiger partial charge on any atom is -0.480 e. The van der Waals surface area contributed by atoms with Crippen molar-refractivity contribution in [2.24, 2.45) is 5.92 Å². The molecule has 6 heteroatoms. The molecule has 1 aliphatic heterocycles. The maximum absolute atomic E-state index is 12.5. The van der Waals surface area contributed by atoms with Gasteiger partial charge in [0, 0.05) is 6.54 Å². The van der Waals surface area contributed by atoms with Crippen molar-refractivity contribution in [1.29, 1.82) is 5.26 Å². The van der Waals surface area contributed by atoms with Gasteiger partial charge in [-0.25, -0.2) is 9.78 Å². The minimum absolute atomic E-state index is 0.0836. The summed E-state index contributed by atoms with van der Waals surface area (Å²) in [6, 6.07) is 4.20. The summed E-state index contributed by atoms with van der Waals surface area (Å²) in [6.45, 7) is 3.92. The molecule has 2 atom stereocenters. The quantitative estimate of drug-likeness (QED) is 0.891. The SMILES string of the molecule is Cc1nc(C(=O)N2CCCC(C)C2C(=O)O)ccc1C#N. The van der Waals surface area contributed by atoms with E-state index in [4.69, 9.17) is 5.26 Å². The molecule has 1 aromatic heterocycles. The van der Waals surface area contributed by atoms with Gasteiger partial charge in [-0.2, -0.15) is 5.26 Å². The number of aryl methyl sites for hydroxylation is 1. The summed E-state index contributed by atoms with van der Waals surface area (Å²) in [7, 11) is 0. The van der Waals surface area contributed by atoms with Gasteiger partial charge in [-0.3, -0.25) is 4.79 Å². The molecule has 0 spiro atoms. The van der Waals surface area contributed by atoms with Crippen molar-refractivity contribution >= 4 is 11.9 Å². The van der Waals surface area contributed by atoms with Crippen LogP contribution < -0.4 is 0 Å². The third kappa shape index (κ3) is 2.87. The Hall–Kier alpha value is -2.42. The molecule has 2 heterocycles. The standard InChI is InChI=1S/C15H17N3O3/c1-9-4-3-7-18(13(9)15(20)21)14(19)12-6-5-11(8-16)10(2)17-12/h5-6,9,13H,3-4,7H2,1-2H3,(H,20,21). The van der Waals surface area contributed by atoms with Gasteiger partial charge in [0.25, 0.3) is 5.91 Å². The van der Waals surface area contributed by atoms with E-state index >= 15 is 0 Å². The van der Waals surface area contributed by atoms with Crippen LogP contribution in [0.3, 0.4) is 0 Å². The zero-order valence-corrected chi connectivity index (χ0v) is 12.0. The summed E-state index contributed by atoms with van der Waals surface area (Å²) in [4.78, 5) is 29.5. The fraction of sp³-hybridized carbons (Fsp3) is 0.467. The number of amides is 1. The van der Waals surface area contributed by atoms with Crippen LogP contribution in [0.25, 0.3) is 0 Å². The van der Waals surface area contributed by atoms with Crippen molar-refractivity contribution in [3.63, 3.8) is 0 Å². The number of aromatic nitrogens is 1. The molecule has 2 unspecified atom stereocenters. The molecular formula is C15H17N3O3. The van der Waals surface area contributed by atoms with Gasteiger partial charge in [-0.15, -0.1) is 0 Å². The Morgan fingerprint density at radius 3 is 2.76 bits per heavy atom. The van der Waals surface area contributed by atoms with E-state index in [2.05, 4.69) is 4.98 Å². The summed E-state index contributed by atoms with van der Waals surface area (Å²) in [6.07, 6.45) is 1.58. The number of carboxylic acids is 1. The van der Waals surface area contributed by atoms with Gasteiger partial charge in [0.1, 0.15) is 17.8 Å². The van der Waals surface area contributed by atoms with Crippen molar-refractivity contribution in [3.05, 3.63) is 29.1 Å². The summed E-state index contributed by atoms with van der Waals surface area (Å²) in [5.74, 6) is -1.46. The first-order valence-electron chi connectivity index (χ1n) is 6.87. The van der Waals surface area contributed by atoms with Gasteiger partial charge in [0.15, 0.2) is 0 Å². The third-order valence-electron chi connectivity index (χ3n) is 3.87. The van der Waals surface area contributed by atoms with Gasteiger partial charge >= 0.3 is 5.97 Å². The van der Waals surface area contributed by atoms with Crippen molar-refractivity contribution in [1.82, 2.24) is 9.88 Å². The average molecular weight is 287 g/mol. The lowest BCUT2D eigenvalue weighted by Gasteiger charge is -2.37. The van der Waals surface area contributed by atoms with Crippen LogP contribution >= 0.6 is 0 Å². The maximum Gasteiger partial charge on any atom is 0.326 e. The molecule has 21 heavy (non-hydrogen) atoms. The van der Waals surface area contributed by atoms with Crippen LogP contribution in [0.2, 0.25) is 0 Å². The predicted molar refractivity (Wildman–Crippen MR) is 74.5 cm³/mol. The smallest absolute Gasteiger partial charge is 0.326 e. The number of hydrogen-bond donors (Lipinski definition) is 1. The molecule has 6 nitrogen and oxygen atoms in total. The Labute approximate surface area is 123 Å². The highest BCUT2D eigenvalue weighted by molar-refractivity contribution is 5.95. The zero-order valence-electron chi connectivity index (χ0n) is 12.0. The van der Waals surface area contributed by atoms with Crippen LogP contribution in [0, 0.1) is 24.2 Å². The number of aliphatic carboxylic acids is 1. The van der Waals surface area contributed by atoms with Crippen LogP contribution in [0.1, 0.15) is 41.5 Å². The second-order valence-electron chi connectivity index (χ2n) is 5.34. The molecule has 0 saturated carbocycles. The Balaban J connectivity index is 2.32. The molecule has 1 aromatic rings. The highest BCUT2D eigenvalue weighted by Crippen LogP contribution is 2.25. The molecule has 2 rings (SSSR count). The van der Waals surface area contributed by atoms with Crippen LogP contribution in [0.4, 0.5) is 0 Å². The Morgan fingerprint density at radius 2 is 2.19 bits per heavy atom. The summed E-state index contributed by atoms with van der Waals surface area (Å²) in [5, 5.41) is 18.2. The lowest BCUT2D eigenvalue weighted by Crippen LogP contribution is -2.52. The molecule has 1 amide bonds. The molecule has 0 aromatic carbocycles. The van der Waals surface area contributed by atoms with Crippen LogP contribution in [-0.4, -0.2) is 39.5 Å². The number of carboxylic acid groups (broad SMARTS) is 1. The lowest BCUT2D eigenvalue weighted by molar-refractivity contribution is -0.145. The molecule has 1 N–H and O–H groups in total.